The maximum atomic E-state index is 8.89. The van der Waals surface area contributed by atoms with E-state index in [-0.39, 0.29) is 6.61 Å². The molecule has 1 fully saturated rings. The summed E-state index contributed by atoms with van der Waals surface area (Å²) in [5, 5.41) is 12.2. The molecule has 0 radical (unpaired) electrons. The highest BCUT2D eigenvalue weighted by molar-refractivity contribution is 5.64. The highest BCUT2D eigenvalue weighted by Crippen LogP contribution is 2.24. The third-order valence-corrected chi connectivity index (χ3v) is 4.22. The van der Waals surface area contributed by atoms with E-state index in [0.29, 0.717) is 12.6 Å². The minimum Gasteiger partial charge on any atom is -0.490 e. The molecule has 122 valence electrons. The topological polar surface area (TPSA) is 54.4 Å². The lowest BCUT2D eigenvalue weighted by atomic mass is 10.0. The van der Waals surface area contributed by atoms with E-state index in [9.17, 15) is 0 Å². The van der Waals surface area contributed by atoms with Gasteiger partial charge in [-0.1, -0.05) is 24.3 Å². The average molecular weight is 312 g/mol. The Labute approximate surface area is 137 Å². The first-order chi connectivity index (χ1) is 11.3. The van der Waals surface area contributed by atoms with E-state index in [1.807, 2.05) is 6.20 Å². The second-order valence-electron chi connectivity index (χ2n) is 6.04. The van der Waals surface area contributed by atoms with Gasteiger partial charge in [0.2, 0.25) is 0 Å². The predicted molar refractivity (Wildman–Crippen MR) is 91.6 cm³/mol. The summed E-state index contributed by atoms with van der Waals surface area (Å²) in [5.41, 5.74) is 3.53. The molecule has 1 saturated heterocycles. The van der Waals surface area contributed by atoms with Crippen LogP contribution in [0.4, 0.5) is 0 Å². The molecule has 0 spiro atoms. The van der Waals surface area contributed by atoms with Gasteiger partial charge in [0, 0.05) is 24.4 Å². The fourth-order valence-electron chi connectivity index (χ4n) is 2.69. The smallest absolute Gasteiger partial charge is 0.138 e. The molecule has 1 aliphatic rings. The summed E-state index contributed by atoms with van der Waals surface area (Å²) in [4.78, 5) is 4.31. The number of pyridine rings is 1. The fraction of sp³-hybridized carbons (Fsp3) is 0.421. The van der Waals surface area contributed by atoms with Gasteiger partial charge in [0.05, 0.1) is 6.20 Å². The fourth-order valence-corrected chi connectivity index (χ4v) is 2.69. The number of aliphatic hydroxyl groups is 1. The summed E-state index contributed by atoms with van der Waals surface area (Å²) >= 11 is 0. The Kier molecular flexibility index (Phi) is 5.61. The molecule has 0 saturated carbocycles. The number of hydrogen-bond donors (Lipinski definition) is 2. The van der Waals surface area contributed by atoms with E-state index in [1.165, 1.54) is 12.0 Å². The van der Waals surface area contributed by atoms with Crippen molar-refractivity contribution in [3.05, 3.63) is 48.3 Å². The monoisotopic (exact) mass is 312 g/mol. The number of aryl methyl sites for hydroxylation is 1. The predicted octanol–water partition coefficient (Wildman–Crippen LogP) is 2.80. The minimum absolute atomic E-state index is 0.263. The number of aromatic nitrogens is 1. The van der Waals surface area contributed by atoms with E-state index in [2.05, 4.69) is 40.6 Å². The van der Waals surface area contributed by atoms with E-state index in [1.54, 1.807) is 6.20 Å². The van der Waals surface area contributed by atoms with Gasteiger partial charge in [-0.05, 0) is 49.4 Å². The van der Waals surface area contributed by atoms with Crippen LogP contribution in [0.3, 0.4) is 0 Å². The number of unbranched alkanes of at least 4 members (excludes halogenated alkanes) is 1. The summed E-state index contributed by atoms with van der Waals surface area (Å²) in [5.74, 6) is 0.821. The number of nitrogens with zero attached hydrogens (tertiary/aromatic N) is 1. The van der Waals surface area contributed by atoms with Crippen molar-refractivity contribution < 1.29 is 9.84 Å². The molecule has 0 amide bonds. The maximum Gasteiger partial charge on any atom is 0.138 e. The quantitative estimate of drug-likeness (QED) is 0.736. The Morgan fingerprint density at radius 3 is 2.87 bits per heavy atom. The van der Waals surface area contributed by atoms with Crippen LogP contribution in [0.25, 0.3) is 11.1 Å². The first-order valence-corrected chi connectivity index (χ1v) is 8.36. The van der Waals surface area contributed by atoms with Crippen molar-refractivity contribution in [2.75, 3.05) is 19.8 Å². The van der Waals surface area contributed by atoms with Crippen LogP contribution in [-0.2, 0) is 6.42 Å². The molecule has 2 heterocycles. The molecule has 2 aromatic rings. The number of hydrogen-bond acceptors (Lipinski definition) is 4. The van der Waals surface area contributed by atoms with E-state index in [4.69, 9.17) is 9.84 Å². The Bertz CT molecular complexity index is 626. The van der Waals surface area contributed by atoms with Crippen molar-refractivity contribution in [2.24, 2.45) is 0 Å². The van der Waals surface area contributed by atoms with Gasteiger partial charge in [-0.15, -0.1) is 0 Å². The molecule has 3 rings (SSSR count). The zero-order valence-corrected chi connectivity index (χ0v) is 13.4. The van der Waals surface area contributed by atoms with Gasteiger partial charge in [0.1, 0.15) is 12.4 Å². The summed E-state index contributed by atoms with van der Waals surface area (Å²) in [6.45, 7) is 2.06. The zero-order chi connectivity index (χ0) is 15.9. The highest BCUT2D eigenvalue weighted by atomic mass is 16.5. The molecule has 1 aromatic carbocycles. The second-order valence-corrected chi connectivity index (χ2v) is 6.04. The zero-order valence-electron chi connectivity index (χ0n) is 13.4. The van der Waals surface area contributed by atoms with Gasteiger partial charge in [0.15, 0.2) is 0 Å². The van der Waals surface area contributed by atoms with E-state index in [0.717, 1.165) is 42.7 Å². The molecular weight excluding hydrogens is 288 g/mol. The molecule has 23 heavy (non-hydrogen) atoms. The molecule has 1 aliphatic heterocycles. The summed E-state index contributed by atoms with van der Waals surface area (Å²) in [7, 11) is 0. The van der Waals surface area contributed by atoms with Crippen molar-refractivity contribution in [3.63, 3.8) is 0 Å². The lowest BCUT2D eigenvalue weighted by molar-refractivity contribution is 0.217. The van der Waals surface area contributed by atoms with Crippen LogP contribution in [0.15, 0.2) is 42.7 Å². The van der Waals surface area contributed by atoms with Crippen molar-refractivity contribution in [1.29, 1.82) is 0 Å². The number of aliphatic hydroxyl groups excluding tert-OH is 1. The number of rotatable bonds is 8. The molecule has 4 nitrogen and oxygen atoms in total. The van der Waals surface area contributed by atoms with Gasteiger partial charge < -0.3 is 15.2 Å². The third-order valence-electron chi connectivity index (χ3n) is 4.22. The molecule has 1 atom stereocenters. The first-order valence-electron chi connectivity index (χ1n) is 8.36. The van der Waals surface area contributed by atoms with Gasteiger partial charge in [-0.25, -0.2) is 0 Å². The average Bonchev–Trinajstić information content (AvgIpc) is 2.54. The van der Waals surface area contributed by atoms with Crippen LogP contribution < -0.4 is 10.1 Å². The van der Waals surface area contributed by atoms with Crippen LogP contribution >= 0.6 is 0 Å². The largest absolute Gasteiger partial charge is 0.490 e. The second kappa shape index (κ2) is 8.09. The van der Waals surface area contributed by atoms with Crippen LogP contribution in [0, 0.1) is 0 Å². The number of nitrogens with one attached hydrogen (secondary N) is 1. The number of ether oxygens (including phenoxy) is 1. The summed E-state index contributed by atoms with van der Waals surface area (Å²) < 4.78 is 5.83. The van der Waals surface area contributed by atoms with Crippen LogP contribution in [0.2, 0.25) is 0 Å². The molecular formula is C19H24N2O2. The van der Waals surface area contributed by atoms with Crippen LogP contribution in [-0.4, -0.2) is 35.9 Å². The van der Waals surface area contributed by atoms with Crippen LogP contribution in [0.5, 0.6) is 5.75 Å². The van der Waals surface area contributed by atoms with Crippen molar-refractivity contribution in [3.8, 4) is 16.9 Å². The minimum atomic E-state index is 0.263. The Balaban J connectivity index is 1.66. The van der Waals surface area contributed by atoms with Crippen molar-refractivity contribution >= 4 is 0 Å². The van der Waals surface area contributed by atoms with Crippen molar-refractivity contribution in [1.82, 2.24) is 10.3 Å². The van der Waals surface area contributed by atoms with Gasteiger partial charge in [-0.3, -0.25) is 4.98 Å². The highest BCUT2D eigenvalue weighted by Gasteiger charge is 2.16. The first kappa shape index (κ1) is 16.0. The lowest BCUT2D eigenvalue weighted by Gasteiger charge is -2.27. The molecule has 2 N–H and O–H groups in total. The number of benzene rings is 1. The third kappa shape index (κ3) is 4.53. The Hall–Kier alpha value is -1.91. The summed E-state index contributed by atoms with van der Waals surface area (Å²) in [6, 6.07) is 11.0. The molecule has 0 bridgehead atoms. The molecule has 0 aliphatic carbocycles. The SMILES string of the molecule is OCCCCc1cccc(-c2cncc(OCC3CCN3)c2)c1. The lowest BCUT2D eigenvalue weighted by Crippen LogP contribution is -2.46. The van der Waals surface area contributed by atoms with Gasteiger partial charge in [-0.2, -0.15) is 0 Å². The Morgan fingerprint density at radius 1 is 1.17 bits per heavy atom. The summed E-state index contributed by atoms with van der Waals surface area (Å²) in [6.07, 6.45) is 7.68. The molecule has 1 aromatic heterocycles. The van der Waals surface area contributed by atoms with E-state index >= 15 is 0 Å². The van der Waals surface area contributed by atoms with Crippen molar-refractivity contribution in [2.45, 2.75) is 31.7 Å². The maximum absolute atomic E-state index is 8.89. The van der Waals surface area contributed by atoms with Gasteiger partial charge in [0.25, 0.3) is 0 Å². The molecule has 1 unspecified atom stereocenters. The Morgan fingerprint density at radius 2 is 2.09 bits per heavy atom. The normalized spacial score (nSPS) is 16.8. The van der Waals surface area contributed by atoms with Crippen LogP contribution in [0.1, 0.15) is 24.8 Å². The standard InChI is InChI=1S/C19H24N2O2/c22-9-2-1-4-15-5-3-6-16(10-15)17-11-19(13-20-12-17)23-14-18-7-8-21-18/h3,5-6,10-13,18,21-22H,1-2,4,7-9,14H2. The molecule has 4 heteroatoms. The van der Waals surface area contributed by atoms with E-state index < -0.39 is 0 Å². The van der Waals surface area contributed by atoms with Gasteiger partial charge >= 0.3 is 0 Å².